The van der Waals surface area contributed by atoms with E-state index in [9.17, 15) is 19.5 Å². The van der Waals surface area contributed by atoms with Crippen LogP contribution < -0.4 is 10.6 Å². The summed E-state index contributed by atoms with van der Waals surface area (Å²) in [5.41, 5.74) is 2.03. The van der Waals surface area contributed by atoms with Gasteiger partial charge in [0, 0.05) is 16.8 Å². The molecule has 0 heterocycles. The van der Waals surface area contributed by atoms with Gasteiger partial charge >= 0.3 is 5.97 Å². The van der Waals surface area contributed by atoms with Gasteiger partial charge in [-0.3, -0.25) is 9.59 Å². The lowest BCUT2D eigenvalue weighted by Gasteiger charge is -2.12. The van der Waals surface area contributed by atoms with Crippen LogP contribution in [0.3, 0.4) is 0 Å². The van der Waals surface area contributed by atoms with Crippen molar-refractivity contribution < 1.29 is 19.5 Å². The third kappa shape index (κ3) is 4.79. The molecule has 0 unspecified atom stereocenters. The van der Waals surface area contributed by atoms with E-state index < -0.39 is 11.9 Å². The molecule has 0 aliphatic heterocycles. The Morgan fingerprint density at radius 3 is 2.00 bits per heavy atom. The Balaban J connectivity index is 1.76. The fraction of sp³-hybridized carbons (Fsp3) is 0.0455. The molecule has 2 amide bonds. The summed E-state index contributed by atoms with van der Waals surface area (Å²) < 4.78 is 0. The molecule has 0 saturated heterocycles. The van der Waals surface area contributed by atoms with Crippen molar-refractivity contribution in [2.24, 2.45) is 0 Å². The summed E-state index contributed by atoms with van der Waals surface area (Å²) >= 11 is 11.8. The van der Waals surface area contributed by atoms with Crippen molar-refractivity contribution in [1.29, 1.82) is 0 Å². The third-order valence-electron chi connectivity index (χ3n) is 4.32. The molecule has 3 rings (SSSR count). The monoisotopic (exact) mass is 442 g/mol. The average molecular weight is 443 g/mol. The Morgan fingerprint density at radius 1 is 0.767 bits per heavy atom. The molecule has 8 heteroatoms. The van der Waals surface area contributed by atoms with Crippen LogP contribution in [0.4, 0.5) is 11.4 Å². The van der Waals surface area contributed by atoms with Gasteiger partial charge in [0.25, 0.3) is 11.8 Å². The number of aryl methyl sites for hydroxylation is 1. The number of hydrogen-bond donors (Lipinski definition) is 3. The molecule has 0 saturated carbocycles. The summed E-state index contributed by atoms with van der Waals surface area (Å²) in [6, 6.07) is 15.4. The van der Waals surface area contributed by atoms with E-state index in [4.69, 9.17) is 23.2 Å². The fourth-order valence-electron chi connectivity index (χ4n) is 2.75. The summed E-state index contributed by atoms with van der Waals surface area (Å²) in [6.45, 7) is 1.74. The lowest BCUT2D eigenvalue weighted by atomic mass is 10.1. The number of carbonyl (C=O) groups is 3. The van der Waals surface area contributed by atoms with Gasteiger partial charge < -0.3 is 15.7 Å². The Bertz CT molecular complexity index is 1160. The first-order valence-corrected chi connectivity index (χ1v) is 9.52. The number of nitrogens with one attached hydrogen (secondary N) is 2. The van der Waals surface area contributed by atoms with Crippen LogP contribution in [0.2, 0.25) is 10.0 Å². The van der Waals surface area contributed by atoms with Crippen LogP contribution in [0.25, 0.3) is 0 Å². The number of halogens is 2. The Morgan fingerprint density at radius 2 is 1.37 bits per heavy atom. The van der Waals surface area contributed by atoms with Crippen LogP contribution in [-0.4, -0.2) is 22.9 Å². The molecule has 0 bridgehead atoms. The normalized spacial score (nSPS) is 10.4. The molecule has 30 heavy (non-hydrogen) atoms. The highest BCUT2D eigenvalue weighted by Gasteiger charge is 2.15. The van der Waals surface area contributed by atoms with Crippen LogP contribution in [0, 0.1) is 6.92 Å². The van der Waals surface area contributed by atoms with Crippen molar-refractivity contribution in [3.63, 3.8) is 0 Å². The highest BCUT2D eigenvalue weighted by atomic mass is 35.5. The second-order valence-electron chi connectivity index (χ2n) is 6.42. The first kappa shape index (κ1) is 21.4. The highest BCUT2D eigenvalue weighted by Crippen LogP contribution is 2.24. The van der Waals surface area contributed by atoms with Crippen LogP contribution in [0.5, 0.6) is 0 Å². The molecule has 3 N–H and O–H groups in total. The predicted octanol–water partition coefficient (Wildman–Crippen LogP) is 5.50. The number of anilines is 2. The summed E-state index contributed by atoms with van der Waals surface area (Å²) in [6.07, 6.45) is 0. The van der Waals surface area contributed by atoms with E-state index in [1.165, 1.54) is 30.3 Å². The standard InChI is InChI=1S/C22H16Cl2N2O4/c1-12-10-13(20(27)26-19-5-3-2-4-15(19)22(29)30)7-9-18(12)25-21(28)14-6-8-16(23)17(24)11-14/h2-11H,1H3,(H,25,28)(H,26,27)(H,29,30). The molecule has 6 nitrogen and oxygen atoms in total. The summed E-state index contributed by atoms with van der Waals surface area (Å²) in [5, 5.41) is 15.2. The minimum absolute atomic E-state index is 0.00641. The summed E-state index contributed by atoms with van der Waals surface area (Å²) in [5.74, 6) is -1.97. The minimum atomic E-state index is -1.14. The molecule has 0 fully saturated rings. The maximum atomic E-state index is 12.5. The van der Waals surface area contributed by atoms with Gasteiger partial charge in [-0.1, -0.05) is 35.3 Å². The Labute approximate surface area is 182 Å². The van der Waals surface area contributed by atoms with Gasteiger partial charge in [0.15, 0.2) is 0 Å². The van der Waals surface area contributed by atoms with E-state index in [-0.39, 0.29) is 22.2 Å². The quantitative estimate of drug-likeness (QED) is 0.485. The zero-order valence-electron chi connectivity index (χ0n) is 15.7. The zero-order valence-corrected chi connectivity index (χ0v) is 17.2. The molecule has 0 atom stereocenters. The van der Waals surface area contributed by atoms with Crippen molar-refractivity contribution in [3.05, 3.63) is 93.0 Å². The number of benzene rings is 3. The van der Waals surface area contributed by atoms with E-state index in [2.05, 4.69) is 10.6 Å². The molecule has 3 aromatic rings. The van der Waals surface area contributed by atoms with Gasteiger partial charge in [0.1, 0.15) is 0 Å². The van der Waals surface area contributed by atoms with Gasteiger partial charge in [0.2, 0.25) is 0 Å². The topological polar surface area (TPSA) is 95.5 Å². The van der Waals surface area contributed by atoms with E-state index in [0.717, 1.165) is 0 Å². The molecule has 0 aromatic heterocycles. The van der Waals surface area contributed by atoms with Gasteiger partial charge in [-0.25, -0.2) is 4.79 Å². The average Bonchev–Trinajstić information content (AvgIpc) is 2.71. The first-order chi connectivity index (χ1) is 14.3. The highest BCUT2D eigenvalue weighted by molar-refractivity contribution is 6.42. The second kappa shape index (κ2) is 8.98. The van der Waals surface area contributed by atoms with Crippen molar-refractivity contribution in [1.82, 2.24) is 0 Å². The van der Waals surface area contributed by atoms with E-state index >= 15 is 0 Å². The number of rotatable bonds is 5. The van der Waals surface area contributed by atoms with Gasteiger partial charge in [-0.05, 0) is 61.0 Å². The van der Waals surface area contributed by atoms with Crippen molar-refractivity contribution in [2.45, 2.75) is 6.92 Å². The molecule has 0 spiro atoms. The summed E-state index contributed by atoms with van der Waals surface area (Å²) in [4.78, 5) is 36.3. The predicted molar refractivity (Wildman–Crippen MR) is 117 cm³/mol. The maximum absolute atomic E-state index is 12.5. The maximum Gasteiger partial charge on any atom is 0.337 e. The molecule has 152 valence electrons. The Hall–Kier alpha value is -3.35. The van der Waals surface area contributed by atoms with Crippen LogP contribution in [0.15, 0.2) is 60.7 Å². The SMILES string of the molecule is Cc1cc(C(=O)Nc2ccccc2C(=O)O)ccc1NC(=O)c1ccc(Cl)c(Cl)c1. The fourth-order valence-corrected chi connectivity index (χ4v) is 3.05. The van der Waals surface area contributed by atoms with Gasteiger partial charge in [-0.15, -0.1) is 0 Å². The minimum Gasteiger partial charge on any atom is -0.478 e. The van der Waals surface area contributed by atoms with Crippen LogP contribution >= 0.6 is 23.2 Å². The van der Waals surface area contributed by atoms with Gasteiger partial charge in [0.05, 0.1) is 21.3 Å². The third-order valence-corrected chi connectivity index (χ3v) is 5.06. The number of hydrogen-bond acceptors (Lipinski definition) is 3. The Kier molecular flexibility index (Phi) is 6.40. The molecule has 3 aromatic carbocycles. The largest absolute Gasteiger partial charge is 0.478 e. The second-order valence-corrected chi connectivity index (χ2v) is 7.23. The lowest BCUT2D eigenvalue weighted by Crippen LogP contribution is -2.16. The van der Waals surface area contributed by atoms with Crippen LogP contribution in [-0.2, 0) is 0 Å². The summed E-state index contributed by atoms with van der Waals surface area (Å²) in [7, 11) is 0. The molecular formula is C22H16Cl2N2O4. The number of carboxylic acid groups (broad SMARTS) is 1. The van der Waals surface area contributed by atoms with E-state index in [1.54, 1.807) is 37.3 Å². The van der Waals surface area contributed by atoms with Crippen LogP contribution in [0.1, 0.15) is 36.6 Å². The molecule has 0 aliphatic rings. The number of carbonyl (C=O) groups excluding carboxylic acids is 2. The molecular weight excluding hydrogens is 427 g/mol. The number of aromatic carboxylic acids is 1. The smallest absolute Gasteiger partial charge is 0.337 e. The van der Waals surface area contributed by atoms with Gasteiger partial charge in [-0.2, -0.15) is 0 Å². The number of carboxylic acids is 1. The number of para-hydroxylation sites is 1. The van der Waals surface area contributed by atoms with Crippen molar-refractivity contribution in [3.8, 4) is 0 Å². The van der Waals surface area contributed by atoms with Crippen molar-refractivity contribution >= 4 is 52.4 Å². The molecule has 0 radical (unpaired) electrons. The first-order valence-electron chi connectivity index (χ1n) is 8.77. The lowest BCUT2D eigenvalue weighted by molar-refractivity contribution is 0.0697. The zero-order chi connectivity index (χ0) is 21.8. The van der Waals surface area contributed by atoms with E-state index in [0.29, 0.717) is 27.4 Å². The van der Waals surface area contributed by atoms with Crippen molar-refractivity contribution in [2.75, 3.05) is 10.6 Å². The number of amides is 2. The molecule has 0 aliphatic carbocycles. The van der Waals surface area contributed by atoms with E-state index in [1.807, 2.05) is 0 Å².